The molecule has 2 fully saturated rings. The third-order valence-electron chi connectivity index (χ3n) is 1.58. The molecule has 0 aromatic rings. The molecule has 0 bridgehead atoms. The van der Waals surface area contributed by atoms with E-state index in [0.29, 0.717) is 0 Å². The fraction of sp³-hybridized carbons (Fsp3) is 0.111. The first-order valence-corrected chi connectivity index (χ1v) is 5.97. The second-order valence-corrected chi connectivity index (χ2v) is 3.06. The van der Waals surface area contributed by atoms with Crippen LogP contribution in [0.1, 0.15) is 13.8 Å². The number of hydrogen-bond acceptors (Lipinski definition) is 0. The van der Waals surface area contributed by atoms with E-state index in [9.17, 15) is 0 Å². The Hall–Kier alpha value is 0.103. The van der Waals surface area contributed by atoms with Gasteiger partial charge in [0.2, 0.25) is 0 Å². The number of hydrogen-bond donors (Lipinski definition) is 0. The molecule has 0 unspecified atom stereocenters. The molecule has 2 rings (SSSR count). The zero-order valence-electron chi connectivity index (χ0n) is 12.0. The Labute approximate surface area is 142 Å². The van der Waals surface area contributed by atoms with E-state index in [1.165, 1.54) is 0 Å². The van der Waals surface area contributed by atoms with Crippen molar-refractivity contribution >= 4 is 0 Å². The van der Waals surface area contributed by atoms with Crippen molar-refractivity contribution in [1.29, 1.82) is 0 Å². The van der Waals surface area contributed by atoms with Crippen LogP contribution in [0.4, 0.5) is 0 Å². The molecule has 0 aromatic heterocycles. The summed E-state index contributed by atoms with van der Waals surface area (Å²) in [5.74, 6) is 0. The van der Waals surface area contributed by atoms with E-state index in [-0.39, 0.29) is 26.2 Å². The average Bonchev–Trinajstić information content (AvgIpc) is 3.14. The standard InChI is InChI=1S/2C5H5.2C4H7.Zr/c2*1-2-4-5-3-1;2*1-3-4-2;/h2*1-5H;2*3-4H,1H2,2H3;/q;;2*-1;+2/b;;2*4-3+;. The first kappa shape index (κ1) is 24.1. The van der Waals surface area contributed by atoms with E-state index >= 15 is 0 Å². The minimum absolute atomic E-state index is 0. The Morgan fingerprint density at radius 1 is 0.526 bits per heavy atom. The summed E-state index contributed by atoms with van der Waals surface area (Å²) in [7, 11) is 0. The Kier molecular flexibility index (Phi) is 33.8. The summed E-state index contributed by atoms with van der Waals surface area (Å²) in [4.78, 5) is 0. The van der Waals surface area contributed by atoms with Crippen molar-refractivity contribution < 1.29 is 26.2 Å². The summed E-state index contributed by atoms with van der Waals surface area (Å²) in [5.41, 5.74) is 0. The normalized spacial score (nSPS) is 16.5. The smallest absolute Gasteiger partial charge is 0.245 e. The fourth-order valence-corrected chi connectivity index (χ4v) is 0.642. The molecule has 0 N–H and O–H groups in total. The molecule has 19 heavy (non-hydrogen) atoms. The van der Waals surface area contributed by atoms with Gasteiger partial charge in [0.1, 0.15) is 0 Å². The van der Waals surface area contributed by atoms with Crippen molar-refractivity contribution in [2.45, 2.75) is 13.8 Å². The molecule has 0 amide bonds. The van der Waals surface area contributed by atoms with Gasteiger partial charge in [-0.2, -0.15) is 0 Å². The minimum atomic E-state index is 0. The predicted octanol–water partition coefficient (Wildman–Crippen LogP) is 4.83. The second-order valence-electron chi connectivity index (χ2n) is 3.06. The first-order chi connectivity index (χ1) is 8.83. The average molecular weight is 332 g/mol. The van der Waals surface area contributed by atoms with E-state index in [1.54, 1.807) is 12.2 Å². The molecule has 0 nitrogen and oxygen atoms in total. The predicted molar refractivity (Wildman–Crippen MR) is 83.3 cm³/mol. The van der Waals surface area contributed by atoms with Gasteiger partial charge in [0, 0.05) is 0 Å². The van der Waals surface area contributed by atoms with Crippen molar-refractivity contribution in [1.82, 2.24) is 0 Å². The zero-order chi connectivity index (χ0) is 13.9. The van der Waals surface area contributed by atoms with Crippen LogP contribution < -0.4 is 0 Å². The van der Waals surface area contributed by atoms with Crippen molar-refractivity contribution in [3.8, 4) is 0 Å². The Bertz CT molecular complexity index is 119. The van der Waals surface area contributed by atoms with Gasteiger partial charge in [-0.1, -0.05) is 0 Å². The van der Waals surface area contributed by atoms with E-state index in [4.69, 9.17) is 0 Å². The van der Waals surface area contributed by atoms with Gasteiger partial charge in [0.25, 0.3) is 0 Å². The summed E-state index contributed by atoms with van der Waals surface area (Å²) in [6, 6.07) is 0. The number of allylic oxidation sites excluding steroid dienone is 4. The number of rotatable bonds is 0. The van der Waals surface area contributed by atoms with Gasteiger partial charge in [-0.05, 0) is 64.2 Å². The molecule has 2 aliphatic carbocycles. The van der Waals surface area contributed by atoms with Gasteiger partial charge >= 0.3 is 26.2 Å². The molecule has 1 heteroatoms. The topological polar surface area (TPSA) is 0 Å². The maximum absolute atomic E-state index is 3.42. The van der Waals surface area contributed by atoms with Crippen LogP contribution in [-0.2, 0) is 26.2 Å². The third-order valence-corrected chi connectivity index (χ3v) is 1.58. The van der Waals surface area contributed by atoms with Crippen molar-refractivity contribution in [2.75, 3.05) is 0 Å². The zero-order valence-corrected chi connectivity index (χ0v) is 14.5. The summed E-state index contributed by atoms with van der Waals surface area (Å²) in [6.45, 7) is 10.7. The molecule has 100 valence electrons. The molecule has 2 saturated carbocycles. The van der Waals surface area contributed by atoms with Gasteiger partial charge in [-0.15, -0.1) is 13.8 Å². The van der Waals surface area contributed by atoms with Crippen LogP contribution in [0, 0.1) is 78.1 Å². The molecule has 0 spiro atoms. The largest absolute Gasteiger partial charge is 2.00 e. The van der Waals surface area contributed by atoms with Crippen LogP contribution in [0.25, 0.3) is 0 Å². The Balaban J connectivity index is -0.000000178. The van der Waals surface area contributed by atoms with Crippen LogP contribution in [0.2, 0.25) is 0 Å². The van der Waals surface area contributed by atoms with E-state index in [2.05, 4.69) is 13.8 Å². The molecule has 0 heterocycles. The second kappa shape index (κ2) is 26.6. The van der Waals surface area contributed by atoms with Crippen molar-refractivity contribution in [3.63, 3.8) is 0 Å². The monoisotopic (exact) mass is 330 g/mol. The molecular weight excluding hydrogens is 307 g/mol. The van der Waals surface area contributed by atoms with E-state index in [1.807, 2.05) is 90.2 Å². The quantitative estimate of drug-likeness (QED) is 0.558. The summed E-state index contributed by atoms with van der Waals surface area (Å²) in [6.07, 6.45) is 27.3. The molecule has 0 atom stereocenters. The maximum Gasteiger partial charge on any atom is 2.00 e. The van der Waals surface area contributed by atoms with E-state index < -0.39 is 0 Å². The van der Waals surface area contributed by atoms with Gasteiger partial charge in [-0.3, -0.25) is 0 Å². The summed E-state index contributed by atoms with van der Waals surface area (Å²) < 4.78 is 0. The molecule has 10 radical (unpaired) electrons. The summed E-state index contributed by atoms with van der Waals surface area (Å²) >= 11 is 0. The van der Waals surface area contributed by atoms with Gasteiger partial charge in [0.05, 0.1) is 0 Å². The molecule has 0 aliphatic heterocycles. The van der Waals surface area contributed by atoms with Crippen molar-refractivity contribution in [3.05, 3.63) is 102 Å². The van der Waals surface area contributed by atoms with Crippen LogP contribution in [-0.4, -0.2) is 0 Å². The van der Waals surface area contributed by atoms with E-state index in [0.717, 1.165) is 0 Å². The van der Waals surface area contributed by atoms with Gasteiger partial charge in [0.15, 0.2) is 0 Å². The Morgan fingerprint density at radius 3 is 0.684 bits per heavy atom. The van der Waals surface area contributed by atoms with Gasteiger partial charge in [-0.25, -0.2) is 38.2 Å². The van der Waals surface area contributed by atoms with Crippen molar-refractivity contribution in [2.24, 2.45) is 0 Å². The minimum Gasteiger partial charge on any atom is -0.245 e. The molecule has 2 aliphatic rings. The third kappa shape index (κ3) is 32.0. The molecular formula is C18H24Zr. The van der Waals surface area contributed by atoms with Crippen LogP contribution >= 0.6 is 0 Å². The Morgan fingerprint density at radius 2 is 0.632 bits per heavy atom. The first-order valence-electron chi connectivity index (χ1n) is 5.97. The van der Waals surface area contributed by atoms with Crippen LogP contribution in [0.3, 0.4) is 0 Å². The van der Waals surface area contributed by atoms with Gasteiger partial charge < -0.3 is 0 Å². The molecule has 0 aromatic carbocycles. The van der Waals surface area contributed by atoms with Crippen LogP contribution in [0.5, 0.6) is 0 Å². The fourth-order valence-electron chi connectivity index (χ4n) is 0.642. The summed E-state index contributed by atoms with van der Waals surface area (Å²) in [5, 5.41) is 0. The maximum atomic E-state index is 3.42. The SMILES string of the molecule is [CH2-]/C=C/C.[CH2-]/C=C/C.[CH]1[CH][CH][CH][CH]1.[CH]1[CH][CH][CH][CH]1.[Zr+2]. The van der Waals surface area contributed by atoms with Crippen LogP contribution in [0.15, 0.2) is 24.3 Å². The molecule has 0 saturated heterocycles.